The number of rotatable bonds is 3. The van der Waals surface area contributed by atoms with Crippen molar-refractivity contribution in [2.75, 3.05) is 32.1 Å². The Hall–Kier alpha value is -1.32. The Bertz CT molecular complexity index is 641. The van der Waals surface area contributed by atoms with Crippen molar-refractivity contribution in [2.24, 2.45) is 5.92 Å². The molecule has 1 aromatic carbocycles. The van der Waals surface area contributed by atoms with E-state index in [1.807, 2.05) is 6.07 Å². The number of benzene rings is 1. The molecule has 1 fully saturated rings. The number of fused-ring (bicyclic) bond motifs is 1. The monoisotopic (exact) mass is 303 g/mol. The zero-order valence-electron chi connectivity index (χ0n) is 12.9. The van der Waals surface area contributed by atoms with Gasteiger partial charge in [-0.1, -0.05) is 25.1 Å². The first-order valence-corrected chi connectivity index (χ1v) is 7.99. The Morgan fingerprint density at radius 2 is 2.05 bits per heavy atom. The normalized spacial score (nSPS) is 22.4. The van der Waals surface area contributed by atoms with E-state index in [1.165, 1.54) is 11.1 Å². The van der Waals surface area contributed by atoms with E-state index in [-0.39, 0.29) is 0 Å². The molecule has 2 heterocycles. The lowest BCUT2D eigenvalue weighted by atomic mass is 10.1. The molecule has 1 saturated heterocycles. The van der Waals surface area contributed by atoms with Crippen molar-refractivity contribution in [3.8, 4) is 0 Å². The summed E-state index contributed by atoms with van der Waals surface area (Å²) in [6.07, 6.45) is 0. The molecule has 3 nitrogen and oxygen atoms in total. The average Bonchev–Trinajstić information content (AvgIpc) is 2.88. The van der Waals surface area contributed by atoms with Crippen molar-refractivity contribution >= 4 is 28.2 Å². The molecular formula is C17H22ClN3. The second kappa shape index (κ2) is 5.82. The Morgan fingerprint density at radius 1 is 1.29 bits per heavy atom. The zero-order chi connectivity index (χ0) is 15.0. The van der Waals surface area contributed by atoms with Crippen LogP contribution in [-0.2, 0) is 5.88 Å². The van der Waals surface area contributed by atoms with Gasteiger partial charge < -0.3 is 9.80 Å². The minimum Gasteiger partial charge on any atom is -0.369 e. The van der Waals surface area contributed by atoms with Gasteiger partial charge in [0, 0.05) is 30.2 Å². The van der Waals surface area contributed by atoms with E-state index in [0.29, 0.717) is 17.8 Å². The molecule has 21 heavy (non-hydrogen) atoms. The summed E-state index contributed by atoms with van der Waals surface area (Å²) in [7, 11) is 4.33. The van der Waals surface area contributed by atoms with E-state index in [2.05, 4.69) is 60.1 Å². The van der Waals surface area contributed by atoms with Crippen molar-refractivity contribution < 1.29 is 0 Å². The first kappa shape index (κ1) is 14.6. The molecule has 0 spiro atoms. The third kappa shape index (κ3) is 2.72. The number of hydrogen-bond donors (Lipinski definition) is 0. The molecule has 1 aliphatic rings. The molecule has 0 saturated carbocycles. The molecule has 4 heteroatoms. The Morgan fingerprint density at radius 3 is 2.71 bits per heavy atom. The van der Waals surface area contributed by atoms with Gasteiger partial charge >= 0.3 is 0 Å². The van der Waals surface area contributed by atoms with Crippen LogP contribution in [0.1, 0.15) is 12.6 Å². The van der Waals surface area contributed by atoms with Crippen LogP contribution < -0.4 is 4.90 Å². The molecule has 0 bridgehead atoms. The van der Waals surface area contributed by atoms with Gasteiger partial charge in [-0.15, -0.1) is 11.6 Å². The van der Waals surface area contributed by atoms with Crippen LogP contribution in [0, 0.1) is 5.92 Å². The highest BCUT2D eigenvalue weighted by molar-refractivity contribution is 6.17. The number of para-hydroxylation sites is 1. The molecule has 2 aromatic rings. The van der Waals surface area contributed by atoms with Crippen LogP contribution in [0.5, 0.6) is 0 Å². The minimum atomic E-state index is 0.457. The molecule has 0 amide bonds. The summed E-state index contributed by atoms with van der Waals surface area (Å²) in [6.45, 7) is 4.47. The van der Waals surface area contributed by atoms with E-state index < -0.39 is 0 Å². The standard InChI is InChI=1S/C17H22ClN3/c1-12-10-21(11-17(12)20(2)3)16-8-13(9-18)19-15-7-5-4-6-14(15)16/h4-8,12,17H,9-11H2,1-3H3. The summed E-state index contributed by atoms with van der Waals surface area (Å²) in [5.74, 6) is 1.12. The Labute approximate surface area is 131 Å². The lowest BCUT2D eigenvalue weighted by Gasteiger charge is -2.24. The first-order chi connectivity index (χ1) is 10.1. The number of alkyl halides is 1. The van der Waals surface area contributed by atoms with E-state index in [4.69, 9.17) is 11.6 Å². The van der Waals surface area contributed by atoms with Crippen LogP contribution in [0.4, 0.5) is 5.69 Å². The lowest BCUT2D eigenvalue weighted by molar-refractivity contribution is 0.266. The lowest BCUT2D eigenvalue weighted by Crippen LogP contribution is -2.34. The summed E-state index contributed by atoms with van der Waals surface area (Å²) >= 11 is 6.02. The van der Waals surface area contributed by atoms with Gasteiger partial charge in [0.25, 0.3) is 0 Å². The summed E-state index contributed by atoms with van der Waals surface area (Å²) in [5, 5.41) is 1.22. The van der Waals surface area contributed by atoms with Gasteiger partial charge in [0.1, 0.15) is 0 Å². The SMILES string of the molecule is CC1CN(c2cc(CCl)nc3ccccc23)CC1N(C)C. The van der Waals surface area contributed by atoms with Gasteiger partial charge in [0.05, 0.1) is 17.1 Å². The molecular weight excluding hydrogens is 282 g/mol. The van der Waals surface area contributed by atoms with Gasteiger partial charge in [-0.2, -0.15) is 0 Å². The topological polar surface area (TPSA) is 19.4 Å². The van der Waals surface area contributed by atoms with E-state index in [9.17, 15) is 0 Å². The first-order valence-electron chi connectivity index (χ1n) is 7.46. The number of nitrogens with zero attached hydrogens (tertiary/aromatic N) is 3. The molecule has 1 aromatic heterocycles. The number of aromatic nitrogens is 1. The van der Waals surface area contributed by atoms with Crippen LogP contribution in [0.25, 0.3) is 10.9 Å². The highest BCUT2D eigenvalue weighted by Crippen LogP contribution is 2.32. The van der Waals surface area contributed by atoms with Gasteiger partial charge in [0.2, 0.25) is 0 Å². The van der Waals surface area contributed by atoms with Crippen LogP contribution >= 0.6 is 11.6 Å². The zero-order valence-corrected chi connectivity index (χ0v) is 13.6. The van der Waals surface area contributed by atoms with Crippen LogP contribution in [0.15, 0.2) is 30.3 Å². The Kier molecular flexibility index (Phi) is 4.05. The molecule has 0 radical (unpaired) electrons. The van der Waals surface area contributed by atoms with Gasteiger partial charge in [-0.25, -0.2) is 0 Å². The van der Waals surface area contributed by atoms with Gasteiger partial charge in [0.15, 0.2) is 0 Å². The molecule has 112 valence electrons. The number of anilines is 1. The smallest absolute Gasteiger partial charge is 0.0726 e. The fourth-order valence-electron chi connectivity index (χ4n) is 3.36. The van der Waals surface area contributed by atoms with Gasteiger partial charge in [-0.05, 0) is 32.1 Å². The maximum Gasteiger partial charge on any atom is 0.0726 e. The maximum atomic E-state index is 6.02. The summed E-state index contributed by atoms with van der Waals surface area (Å²) in [5.41, 5.74) is 3.25. The molecule has 0 aliphatic carbocycles. The summed E-state index contributed by atoms with van der Waals surface area (Å²) < 4.78 is 0. The third-order valence-electron chi connectivity index (χ3n) is 4.46. The highest BCUT2D eigenvalue weighted by atomic mass is 35.5. The maximum absolute atomic E-state index is 6.02. The predicted octanol–water partition coefficient (Wildman–Crippen LogP) is 3.36. The quantitative estimate of drug-likeness (QED) is 0.811. The van der Waals surface area contributed by atoms with Crippen LogP contribution in [-0.4, -0.2) is 43.1 Å². The van der Waals surface area contributed by atoms with Crippen molar-refractivity contribution in [2.45, 2.75) is 18.8 Å². The fraction of sp³-hybridized carbons (Fsp3) is 0.471. The second-order valence-electron chi connectivity index (χ2n) is 6.20. The van der Waals surface area contributed by atoms with E-state index in [1.54, 1.807) is 0 Å². The largest absolute Gasteiger partial charge is 0.369 e. The number of hydrogen-bond acceptors (Lipinski definition) is 3. The molecule has 1 aliphatic heterocycles. The summed E-state index contributed by atoms with van der Waals surface area (Å²) in [6, 6.07) is 11.1. The number of halogens is 1. The van der Waals surface area contributed by atoms with E-state index >= 15 is 0 Å². The van der Waals surface area contributed by atoms with Crippen LogP contribution in [0.3, 0.4) is 0 Å². The van der Waals surface area contributed by atoms with Gasteiger partial charge in [-0.3, -0.25) is 4.98 Å². The van der Waals surface area contributed by atoms with Crippen molar-refractivity contribution in [3.63, 3.8) is 0 Å². The van der Waals surface area contributed by atoms with Crippen molar-refractivity contribution in [1.29, 1.82) is 0 Å². The Balaban J connectivity index is 2.04. The fourth-order valence-corrected chi connectivity index (χ4v) is 3.50. The average molecular weight is 304 g/mol. The molecule has 0 N–H and O–H groups in total. The number of pyridine rings is 1. The number of likely N-dealkylation sites (N-methyl/N-ethyl adjacent to an activating group) is 1. The molecule has 2 atom stereocenters. The van der Waals surface area contributed by atoms with E-state index in [0.717, 1.165) is 24.3 Å². The molecule has 2 unspecified atom stereocenters. The van der Waals surface area contributed by atoms with Crippen LogP contribution in [0.2, 0.25) is 0 Å². The third-order valence-corrected chi connectivity index (χ3v) is 4.73. The summed E-state index contributed by atoms with van der Waals surface area (Å²) in [4.78, 5) is 9.44. The second-order valence-corrected chi connectivity index (χ2v) is 6.46. The van der Waals surface area contributed by atoms with Crippen molar-refractivity contribution in [1.82, 2.24) is 9.88 Å². The molecule has 3 rings (SSSR count). The predicted molar refractivity (Wildman–Crippen MR) is 90.2 cm³/mol. The highest BCUT2D eigenvalue weighted by Gasteiger charge is 2.31. The minimum absolute atomic E-state index is 0.457. The van der Waals surface area contributed by atoms with Crippen molar-refractivity contribution in [3.05, 3.63) is 36.0 Å².